The summed E-state index contributed by atoms with van der Waals surface area (Å²) in [6, 6.07) is 3.43. The van der Waals surface area contributed by atoms with Gasteiger partial charge in [0.25, 0.3) is 0 Å². The van der Waals surface area contributed by atoms with Crippen LogP contribution in [0.15, 0.2) is 26.0 Å². The summed E-state index contributed by atoms with van der Waals surface area (Å²) in [5.41, 5.74) is 0.988. The molecule has 0 amide bonds. The number of hydrogen-bond acceptors (Lipinski definition) is 2. The van der Waals surface area contributed by atoms with E-state index in [0.29, 0.717) is 16.9 Å². The molecule has 1 unspecified atom stereocenters. The lowest BCUT2D eigenvalue weighted by molar-refractivity contribution is 0.546. The minimum atomic E-state index is -3.47. The molecule has 1 N–H and O–H groups in total. The highest BCUT2D eigenvalue weighted by molar-refractivity contribution is 9.11. The van der Waals surface area contributed by atoms with Crippen molar-refractivity contribution >= 4 is 57.8 Å². The van der Waals surface area contributed by atoms with E-state index in [2.05, 4.69) is 59.4 Å². The molecule has 0 heterocycles. The number of sulfonamides is 1. The van der Waals surface area contributed by atoms with Crippen LogP contribution < -0.4 is 4.72 Å². The summed E-state index contributed by atoms with van der Waals surface area (Å²) in [6.07, 6.45) is 1.82. The van der Waals surface area contributed by atoms with E-state index in [1.807, 2.05) is 6.92 Å². The maximum atomic E-state index is 12.3. The van der Waals surface area contributed by atoms with Gasteiger partial charge in [-0.25, -0.2) is 13.1 Å². The van der Waals surface area contributed by atoms with Crippen molar-refractivity contribution in [3.05, 3.63) is 26.6 Å². The average Bonchev–Trinajstić information content (AvgIpc) is 2.38. The molecule has 0 spiro atoms. The Morgan fingerprint density at radius 2 is 1.90 bits per heavy atom. The summed E-state index contributed by atoms with van der Waals surface area (Å²) in [4.78, 5) is 0.267. The predicted molar refractivity (Wildman–Crippen MR) is 94.0 cm³/mol. The lowest BCUT2D eigenvalue weighted by Gasteiger charge is -2.11. The van der Waals surface area contributed by atoms with E-state index in [-0.39, 0.29) is 4.90 Å². The van der Waals surface area contributed by atoms with E-state index >= 15 is 0 Å². The van der Waals surface area contributed by atoms with Crippen molar-refractivity contribution in [3.63, 3.8) is 0 Å². The van der Waals surface area contributed by atoms with Gasteiger partial charge in [0, 0.05) is 20.8 Å². The molecule has 114 valence electrons. The van der Waals surface area contributed by atoms with Gasteiger partial charge in [0.2, 0.25) is 10.0 Å². The Morgan fingerprint density at radius 1 is 1.25 bits per heavy atom. The van der Waals surface area contributed by atoms with Gasteiger partial charge in [-0.1, -0.05) is 38.8 Å². The van der Waals surface area contributed by atoms with Gasteiger partial charge in [0.05, 0.1) is 4.90 Å². The van der Waals surface area contributed by atoms with Crippen LogP contribution in [0.3, 0.4) is 0 Å². The minimum absolute atomic E-state index is 0.267. The Labute approximate surface area is 146 Å². The van der Waals surface area contributed by atoms with Gasteiger partial charge in [-0.05, 0) is 59.3 Å². The zero-order valence-electron chi connectivity index (χ0n) is 11.4. The Bertz CT molecular complexity index is 561. The molecule has 1 aromatic rings. The molecule has 0 aromatic heterocycles. The van der Waals surface area contributed by atoms with Gasteiger partial charge < -0.3 is 0 Å². The van der Waals surface area contributed by atoms with Crippen LogP contribution in [-0.4, -0.2) is 20.3 Å². The normalized spacial score (nSPS) is 13.4. The standard InChI is InChI=1S/C13H18Br3NO2S/c1-9(8-14)4-3-5-17-20(18,19)13-7-11(15)10(2)6-12(13)16/h6-7,9,17H,3-5,8H2,1-2H3. The number of rotatable bonds is 7. The van der Waals surface area contributed by atoms with Crippen LogP contribution in [0.5, 0.6) is 0 Å². The summed E-state index contributed by atoms with van der Waals surface area (Å²) in [7, 11) is -3.47. The number of aryl methyl sites for hydroxylation is 1. The fourth-order valence-corrected chi connectivity index (χ4v) is 4.72. The van der Waals surface area contributed by atoms with Crippen molar-refractivity contribution < 1.29 is 8.42 Å². The minimum Gasteiger partial charge on any atom is -0.211 e. The monoisotopic (exact) mass is 489 g/mol. The molecule has 3 nitrogen and oxygen atoms in total. The highest BCUT2D eigenvalue weighted by atomic mass is 79.9. The quantitative estimate of drug-likeness (QED) is 0.447. The molecule has 0 aliphatic heterocycles. The zero-order chi connectivity index (χ0) is 15.3. The summed E-state index contributed by atoms with van der Waals surface area (Å²) in [6.45, 7) is 4.51. The molecule has 20 heavy (non-hydrogen) atoms. The smallest absolute Gasteiger partial charge is 0.211 e. The molecule has 0 saturated heterocycles. The number of hydrogen-bond donors (Lipinski definition) is 1. The van der Waals surface area contributed by atoms with E-state index in [9.17, 15) is 8.42 Å². The zero-order valence-corrected chi connectivity index (χ0v) is 17.0. The van der Waals surface area contributed by atoms with Crippen molar-refractivity contribution in [1.29, 1.82) is 0 Å². The third kappa shape index (κ3) is 5.40. The molecular formula is C13H18Br3NO2S. The molecule has 0 aliphatic carbocycles. The number of alkyl halides is 1. The second-order valence-electron chi connectivity index (χ2n) is 4.83. The summed E-state index contributed by atoms with van der Waals surface area (Å²) >= 11 is 10.1. The second-order valence-corrected chi connectivity index (χ2v) is 8.92. The largest absolute Gasteiger partial charge is 0.241 e. The maximum absolute atomic E-state index is 12.3. The molecule has 1 rings (SSSR count). The Balaban J connectivity index is 2.72. The highest BCUT2D eigenvalue weighted by Gasteiger charge is 2.18. The third-order valence-corrected chi connectivity index (χ3v) is 7.31. The topological polar surface area (TPSA) is 46.2 Å². The van der Waals surface area contributed by atoms with Gasteiger partial charge >= 0.3 is 0 Å². The van der Waals surface area contributed by atoms with Crippen LogP contribution in [0.25, 0.3) is 0 Å². The molecule has 0 radical (unpaired) electrons. The summed E-state index contributed by atoms with van der Waals surface area (Å²) in [5, 5.41) is 0.941. The van der Waals surface area contributed by atoms with E-state index in [0.717, 1.165) is 28.2 Å². The van der Waals surface area contributed by atoms with E-state index in [1.54, 1.807) is 12.1 Å². The van der Waals surface area contributed by atoms with Crippen LogP contribution in [-0.2, 0) is 10.0 Å². The molecule has 0 bridgehead atoms. The molecule has 0 saturated carbocycles. The van der Waals surface area contributed by atoms with Gasteiger partial charge in [-0.3, -0.25) is 0 Å². The second kappa shape index (κ2) is 8.27. The van der Waals surface area contributed by atoms with Crippen molar-refractivity contribution in [2.24, 2.45) is 5.92 Å². The van der Waals surface area contributed by atoms with Crippen LogP contribution in [0.1, 0.15) is 25.3 Å². The molecule has 1 aromatic carbocycles. The van der Waals surface area contributed by atoms with Crippen LogP contribution in [0.2, 0.25) is 0 Å². The van der Waals surface area contributed by atoms with Gasteiger partial charge in [-0.2, -0.15) is 0 Å². The van der Waals surface area contributed by atoms with Crippen LogP contribution >= 0.6 is 47.8 Å². The number of benzene rings is 1. The molecule has 1 atom stereocenters. The Morgan fingerprint density at radius 3 is 2.50 bits per heavy atom. The fraction of sp³-hybridized carbons (Fsp3) is 0.538. The van der Waals surface area contributed by atoms with Crippen molar-refractivity contribution in [2.75, 3.05) is 11.9 Å². The Kier molecular flexibility index (Phi) is 7.70. The first-order valence-corrected chi connectivity index (χ1v) is 10.5. The first-order valence-electron chi connectivity index (χ1n) is 6.29. The molecule has 0 fully saturated rings. The van der Waals surface area contributed by atoms with Crippen LogP contribution in [0.4, 0.5) is 0 Å². The van der Waals surface area contributed by atoms with Gasteiger partial charge in [0.1, 0.15) is 0 Å². The van der Waals surface area contributed by atoms with Gasteiger partial charge in [-0.15, -0.1) is 0 Å². The van der Waals surface area contributed by atoms with E-state index < -0.39 is 10.0 Å². The lowest BCUT2D eigenvalue weighted by atomic mass is 10.1. The average molecular weight is 492 g/mol. The third-order valence-electron chi connectivity index (χ3n) is 2.93. The SMILES string of the molecule is Cc1cc(Br)c(S(=O)(=O)NCCCC(C)CBr)cc1Br. The van der Waals surface area contributed by atoms with Crippen molar-refractivity contribution in [1.82, 2.24) is 4.72 Å². The maximum Gasteiger partial charge on any atom is 0.241 e. The van der Waals surface area contributed by atoms with Crippen molar-refractivity contribution in [3.8, 4) is 0 Å². The van der Waals surface area contributed by atoms with Crippen molar-refractivity contribution in [2.45, 2.75) is 31.6 Å². The summed E-state index contributed by atoms with van der Waals surface area (Å²) in [5.74, 6) is 0.555. The first kappa shape index (κ1) is 18.6. The highest BCUT2D eigenvalue weighted by Crippen LogP contribution is 2.28. The first-order chi connectivity index (χ1) is 9.27. The number of nitrogens with one attached hydrogen (secondary N) is 1. The lowest BCUT2D eigenvalue weighted by Crippen LogP contribution is -2.25. The van der Waals surface area contributed by atoms with Crippen LogP contribution in [0, 0.1) is 12.8 Å². The molecular weight excluding hydrogens is 474 g/mol. The molecule has 7 heteroatoms. The number of halogens is 3. The van der Waals surface area contributed by atoms with Gasteiger partial charge in [0.15, 0.2) is 0 Å². The van der Waals surface area contributed by atoms with E-state index in [1.165, 1.54) is 0 Å². The van der Waals surface area contributed by atoms with E-state index in [4.69, 9.17) is 0 Å². The fourth-order valence-electron chi connectivity index (χ4n) is 1.65. The predicted octanol–water partition coefficient (Wildman–Crippen LogP) is 4.61. The molecule has 0 aliphatic rings. The Hall–Kier alpha value is 0.570. The summed E-state index contributed by atoms with van der Waals surface area (Å²) < 4.78 is 28.5.